The van der Waals surface area contributed by atoms with Gasteiger partial charge in [0.15, 0.2) is 0 Å². The number of carbonyl (C=O) groups is 2. The van der Waals surface area contributed by atoms with Crippen LogP contribution in [0.5, 0.6) is 0 Å². The molecule has 1 fully saturated rings. The SMILES string of the molecule is COC(=O)C1CCN(C(=O)Cn2cnc3ccccc32)CC1. The maximum Gasteiger partial charge on any atom is 0.308 e. The Morgan fingerprint density at radius 3 is 2.73 bits per heavy atom. The first-order valence-corrected chi connectivity index (χ1v) is 7.44. The maximum atomic E-state index is 12.4. The van der Waals surface area contributed by atoms with E-state index in [9.17, 15) is 9.59 Å². The fourth-order valence-electron chi connectivity index (χ4n) is 2.91. The summed E-state index contributed by atoms with van der Waals surface area (Å²) in [5.74, 6) is -0.192. The van der Waals surface area contributed by atoms with Gasteiger partial charge in [0.05, 0.1) is 30.4 Å². The van der Waals surface area contributed by atoms with Crippen LogP contribution in [0.4, 0.5) is 0 Å². The molecule has 0 unspecified atom stereocenters. The topological polar surface area (TPSA) is 64.4 Å². The van der Waals surface area contributed by atoms with Crippen LogP contribution in [0, 0.1) is 5.92 Å². The number of amides is 1. The van der Waals surface area contributed by atoms with Crippen molar-refractivity contribution in [2.24, 2.45) is 5.92 Å². The Balaban J connectivity index is 1.62. The lowest BCUT2D eigenvalue weighted by atomic mass is 9.97. The summed E-state index contributed by atoms with van der Waals surface area (Å²) in [6.45, 7) is 1.49. The van der Waals surface area contributed by atoms with Crippen molar-refractivity contribution < 1.29 is 14.3 Å². The third-order valence-corrected chi connectivity index (χ3v) is 4.22. The molecule has 6 nitrogen and oxygen atoms in total. The third-order valence-electron chi connectivity index (χ3n) is 4.22. The van der Waals surface area contributed by atoms with Crippen molar-refractivity contribution >= 4 is 22.9 Å². The van der Waals surface area contributed by atoms with Crippen molar-refractivity contribution in [3.05, 3.63) is 30.6 Å². The fourth-order valence-corrected chi connectivity index (χ4v) is 2.91. The molecule has 1 aliphatic rings. The smallest absolute Gasteiger partial charge is 0.308 e. The van der Waals surface area contributed by atoms with Crippen molar-refractivity contribution in [3.8, 4) is 0 Å². The molecule has 116 valence electrons. The molecule has 0 atom stereocenters. The highest BCUT2D eigenvalue weighted by Crippen LogP contribution is 2.19. The first kappa shape index (κ1) is 14.6. The highest BCUT2D eigenvalue weighted by Gasteiger charge is 2.27. The van der Waals surface area contributed by atoms with Crippen LogP contribution >= 0.6 is 0 Å². The van der Waals surface area contributed by atoms with E-state index < -0.39 is 0 Å². The standard InChI is InChI=1S/C16H19N3O3/c1-22-16(21)12-6-8-18(9-7-12)15(20)10-19-11-17-13-4-2-3-5-14(13)19/h2-5,11-12H,6-10H2,1H3. The Kier molecular flexibility index (Phi) is 4.09. The molecule has 0 aliphatic carbocycles. The van der Waals surface area contributed by atoms with E-state index in [1.165, 1.54) is 7.11 Å². The van der Waals surface area contributed by atoms with E-state index in [1.54, 1.807) is 6.33 Å². The van der Waals surface area contributed by atoms with E-state index in [0.29, 0.717) is 25.9 Å². The van der Waals surface area contributed by atoms with Crippen LogP contribution in [0.25, 0.3) is 11.0 Å². The van der Waals surface area contributed by atoms with Crippen LogP contribution in [0.15, 0.2) is 30.6 Å². The molecule has 1 aliphatic heterocycles. The zero-order valence-corrected chi connectivity index (χ0v) is 12.6. The number of piperidine rings is 1. The molecule has 0 saturated carbocycles. The molecule has 22 heavy (non-hydrogen) atoms. The van der Waals surface area contributed by atoms with Gasteiger partial charge in [0.25, 0.3) is 0 Å². The molecule has 1 saturated heterocycles. The number of likely N-dealkylation sites (tertiary alicyclic amines) is 1. The van der Waals surface area contributed by atoms with Gasteiger partial charge < -0.3 is 14.2 Å². The van der Waals surface area contributed by atoms with Crippen LogP contribution in [0.2, 0.25) is 0 Å². The van der Waals surface area contributed by atoms with Crippen molar-refractivity contribution in [1.29, 1.82) is 0 Å². The van der Waals surface area contributed by atoms with Gasteiger partial charge in [-0.05, 0) is 25.0 Å². The molecule has 6 heteroatoms. The van der Waals surface area contributed by atoms with Gasteiger partial charge >= 0.3 is 5.97 Å². The van der Waals surface area contributed by atoms with Gasteiger partial charge in [0.1, 0.15) is 6.54 Å². The number of carbonyl (C=O) groups excluding carboxylic acids is 2. The summed E-state index contributed by atoms with van der Waals surface area (Å²) in [6.07, 6.45) is 3.04. The van der Waals surface area contributed by atoms with E-state index in [2.05, 4.69) is 4.98 Å². The van der Waals surface area contributed by atoms with Gasteiger partial charge in [0, 0.05) is 13.1 Å². The third kappa shape index (κ3) is 2.81. The molecule has 1 amide bonds. The zero-order chi connectivity index (χ0) is 15.5. The quantitative estimate of drug-likeness (QED) is 0.805. The van der Waals surface area contributed by atoms with Gasteiger partial charge in [-0.2, -0.15) is 0 Å². The second kappa shape index (κ2) is 6.17. The molecule has 3 rings (SSSR count). The maximum absolute atomic E-state index is 12.4. The summed E-state index contributed by atoms with van der Waals surface area (Å²) in [4.78, 5) is 30.0. The van der Waals surface area contributed by atoms with Crippen LogP contribution in [-0.4, -0.2) is 46.5 Å². The molecular weight excluding hydrogens is 282 g/mol. The fraction of sp³-hybridized carbons (Fsp3) is 0.438. The van der Waals surface area contributed by atoms with Crippen LogP contribution in [-0.2, 0) is 20.9 Å². The number of para-hydroxylation sites is 2. The van der Waals surface area contributed by atoms with E-state index >= 15 is 0 Å². The van der Waals surface area contributed by atoms with E-state index in [0.717, 1.165) is 11.0 Å². The summed E-state index contributed by atoms with van der Waals surface area (Å²) in [5.41, 5.74) is 1.85. The Hall–Kier alpha value is -2.37. The number of imidazole rings is 1. The number of hydrogen-bond acceptors (Lipinski definition) is 4. The average molecular weight is 301 g/mol. The van der Waals surface area contributed by atoms with Crippen molar-refractivity contribution in [3.63, 3.8) is 0 Å². The van der Waals surface area contributed by atoms with Crippen LogP contribution < -0.4 is 0 Å². The molecule has 0 N–H and O–H groups in total. The molecular formula is C16H19N3O3. The molecule has 0 spiro atoms. The predicted molar refractivity (Wildman–Crippen MR) is 81.1 cm³/mol. The first-order valence-electron chi connectivity index (χ1n) is 7.44. The lowest BCUT2D eigenvalue weighted by Gasteiger charge is -2.30. The highest BCUT2D eigenvalue weighted by atomic mass is 16.5. The molecule has 1 aromatic heterocycles. The minimum atomic E-state index is -0.173. The summed E-state index contributed by atoms with van der Waals surface area (Å²) < 4.78 is 6.63. The van der Waals surface area contributed by atoms with Crippen molar-refractivity contribution in [1.82, 2.24) is 14.5 Å². The normalized spacial score (nSPS) is 16.0. The zero-order valence-electron chi connectivity index (χ0n) is 12.6. The van der Waals surface area contributed by atoms with Crippen LogP contribution in [0.3, 0.4) is 0 Å². The lowest BCUT2D eigenvalue weighted by Crippen LogP contribution is -2.41. The monoisotopic (exact) mass is 301 g/mol. The summed E-state index contributed by atoms with van der Waals surface area (Å²) in [6, 6.07) is 7.75. The molecule has 0 bridgehead atoms. The lowest BCUT2D eigenvalue weighted by molar-refractivity contribution is -0.149. The molecule has 2 heterocycles. The Morgan fingerprint density at radius 2 is 2.00 bits per heavy atom. The highest BCUT2D eigenvalue weighted by molar-refractivity contribution is 5.81. The molecule has 1 aromatic carbocycles. The van der Waals surface area contributed by atoms with E-state index in [1.807, 2.05) is 33.7 Å². The number of fused-ring (bicyclic) bond motifs is 1. The van der Waals surface area contributed by atoms with Crippen LogP contribution in [0.1, 0.15) is 12.8 Å². The van der Waals surface area contributed by atoms with E-state index in [-0.39, 0.29) is 24.3 Å². The number of nitrogens with zero attached hydrogens (tertiary/aromatic N) is 3. The number of rotatable bonds is 3. The number of methoxy groups -OCH3 is 1. The van der Waals surface area contributed by atoms with E-state index in [4.69, 9.17) is 4.74 Å². The summed E-state index contributed by atoms with van der Waals surface area (Å²) in [7, 11) is 1.41. The number of esters is 1. The number of aromatic nitrogens is 2. The molecule has 0 radical (unpaired) electrons. The summed E-state index contributed by atoms with van der Waals surface area (Å²) >= 11 is 0. The Morgan fingerprint density at radius 1 is 1.27 bits per heavy atom. The first-order chi connectivity index (χ1) is 10.7. The number of hydrogen-bond donors (Lipinski definition) is 0. The predicted octanol–water partition coefficient (Wildman–Crippen LogP) is 1.45. The van der Waals surface area contributed by atoms with Gasteiger partial charge in [0.2, 0.25) is 5.91 Å². The average Bonchev–Trinajstić information content (AvgIpc) is 2.97. The minimum absolute atomic E-state index is 0.0615. The number of ether oxygens (including phenoxy) is 1. The minimum Gasteiger partial charge on any atom is -0.469 e. The van der Waals surface area contributed by atoms with Crippen molar-refractivity contribution in [2.45, 2.75) is 19.4 Å². The second-order valence-corrected chi connectivity index (χ2v) is 5.54. The molecule has 2 aromatic rings. The van der Waals surface area contributed by atoms with Gasteiger partial charge in [-0.3, -0.25) is 9.59 Å². The van der Waals surface area contributed by atoms with Crippen molar-refractivity contribution in [2.75, 3.05) is 20.2 Å². The number of benzene rings is 1. The van der Waals surface area contributed by atoms with Gasteiger partial charge in [-0.15, -0.1) is 0 Å². The summed E-state index contributed by atoms with van der Waals surface area (Å²) in [5, 5.41) is 0. The Bertz CT molecular complexity index is 687. The van der Waals surface area contributed by atoms with Gasteiger partial charge in [-0.25, -0.2) is 4.98 Å². The largest absolute Gasteiger partial charge is 0.469 e. The van der Waals surface area contributed by atoms with Gasteiger partial charge in [-0.1, -0.05) is 12.1 Å². The Labute approximate surface area is 128 Å². The second-order valence-electron chi connectivity index (χ2n) is 5.54.